The van der Waals surface area contributed by atoms with Gasteiger partial charge in [-0.3, -0.25) is 5.43 Å². The number of hydrogen-bond acceptors (Lipinski definition) is 6. The van der Waals surface area contributed by atoms with E-state index in [1.54, 1.807) is 0 Å². The van der Waals surface area contributed by atoms with Gasteiger partial charge in [0.2, 0.25) is 5.13 Å². The molecule has 0 spiro atoms. The lowest BCUT2D eigenvalue weighted by atomic mass is 10.2. The fourth-order valence-corrected chi connectivity index (χ4v) is 2.14. The first-order valence-corrected chi connectivity index (χ1v) is 6.48. The van der Waals surface area contributed by atoms with Gasteiger partial charge in [0, 0.05) is 4.47 Å². The standard InChI is InChI=1S/C10H11BrN4OS/c1-6-2-3-7(11)4-8(6)16-5-9-14-15-10(13-12)17-9/h2-4H,5,12H2,1H3,(H,13,15). The van der Waals surface area contributed by atoms with E-state index in [0.29, 0.717) is 11.7 Å². The van der Waals surface area contributed by atoms with Gasteiger partial charge < -0.3 is 4.74 Å². The van der Waals surface area contributed by atoms with Crippen LogP contribution in [-0.2, 0) is 6.61 Å². The number of aromatic nitrogens is 2. The summed E-state index contributed by atoms with van der Waals surface area (Å²) in [6.07, 6.45) is 0. The minimum absolute atomic E-state index is 0.386. The molecule has 0 saturated heterocycles. The molecule has 0 radical (unpaired) electrons. The topological polar surface area (TPSA) is 73.1 Å². The van der Waals surface area contributed by atoms with Crippen LogP contribution < -0.4 is 16.0 Å². The van der Waals surface area contributed by atoms with Gasteiger partial charge in [0.25, 0.3) is 0 Å². The van der Waals surface area contributed by atoms with Crippen LogP contribution in [0.15, 0.2) is 22.7 Å². The van der Waals surface area contributed by atoms with Crippen LogP contribution in [0.1, 0.15) is 10.6 Å². The van der Waals surface area contributed by atoms with Crippen molar-refractivity contribution in [2.75, 3.05) is 5.43 Å². The molecule has 0 amide bonds. The summed E-state index contributed by atoms with van der Waals surface area (Å²) >= 11 is 4.77. The molecule has 1 aromatic carbocycles. The molecule has 3 N–H and O–H groups in total. The fraction of sp³-hybridized carbons (Fsp3) is 0.200. The van der Waals surface area contributed by atoms with Crippen LogP contribution in [0.3, 0.4) is 0 Å². The Morgan fingerprint density at radius 2 is 2.29 bits per heavy atom. The van der Waals surface area contributed by atoms with Gasteiger partial charge in [0.05, 0.1) is 0 Å². The van der Waals surface area contributed by atoms with Crippen molar-refractivity contribution in [2.45, 2.75) is 13.5 Å². The Kier molecular flexibility index (Phi) is 3.93. The van der Waals surface area contributed by atoms with E-state index in [4.69, 9.17) is 10.6 Å². The van der Waals surface area contributed by atoms with E-state index in [-0.39, 0.29) is 0 Å². The molecule has 0 atom stereocenters. The molecule has 2 rings (SSSR count). The molecule has 0 aliphatic carbocycles. The van der Waals surface area contributed by atoms with E-state index in [1.165, 1.54) is 11.3 Å². The van der Waals surface area contributed by atoms with Gasteiger partial charge in [-0.25, -0.2) is 5.84 Å². The number of benzene rings is 1. The lowest BCUT2D eigenvalue weighted by Crippen LogP contribution is -2.05. The SMILES string of the molecule is Cc1ccc(Br)cc1OCc1nnc(NN)s1. The molecular formula is C10H11BrN4OS. The van der Waals surface area contributed by atoms with Gasteiger partial charge in [-0.15, -0.1) is 10.2 Å². The third kappa shape index (κ3) is 3.15. The Morgan fingerprint density at radius 3 is 3.00 bits per heavy atom. The maximum atomic E-state index is 5.67. The first-order valence-electron chi connectivity index (χ1n) is 4.87. The number of nitrogen functional groups attached to an aromatic ring is 1. The van der Waals surface area contributed by atoms with Crippen molar-refractivity contribution in [1.82, 2.24) is 10.2 Å². The summed E-state index contributed by atoms with van der Waals surface area (Å²) in [5, 5.41) is 9.13. The molecule has 0 unspecified atom stereocenters. The van der Waals surface area contributed by atoms with E-state index >= 15 is 0 Å². The molecule has 2 aromatic rings. The fourth-order valence-electron chi connectivity index (χ4n) is 1.24. The van der Waals surface area contributed by atoms with Gasteiger partial charge in [0.1, 0.15) is 12.4 Å². The van der Waals surface area contributed by atoms with Crippen LogP contribution in [0.5, 0.6) is 5.75 Å². The Morgan fingerprint density at radius 1 is 1.47 bits per heavy atom. The molecular weight excluding hydrogens is 304 g/mol. The zero-order valence-electron chi connectivity index (χ0n) is 9.11. The molecule has 0 aliphatic heterocycles. The number of ether oxygens (including phenoxy) is 1. The summed E-state index contributed by atoms with van der Waals surface area (Å²) in [5.74, 6) is 6.06. The van der Waals surface area contributed by atoms with Crippen molar-refractivity contribution >= 4 is 32.4 Å². The van der Waals surface area contributed by atoms with Gasteiger partial charge >= 0.3 is 0 Å². The van der Waals surface area contributed by atoms with Gasteiger partial charge in [-0.2, -0.15) is 0 Å². The number of aryl methyl sites for hydroxylation is 1. The highest BCUT2D eigenvalue weighted by Gasteiger charge is 2.05. The Hall–Kier alpha value is -1.18. The number of nitrogens with two attached hydrogens (primary N) is 1. The number of nitrogens with zero attached hydrogens (tertiary/aromatic N) is 2. The molecule has 90 valence electrons. The Bertz CT molecular complexity index is 517. The monoisotopic (exact) mass is 314 g/mol. The van der Waals surface area contributed by atoms with E-state index in [0.717, 1.165) is 20.8 Å². The zero-order valence-corrected chi connectivity index (χ0v) is 11.5. The Balaban J connectivity index is 2.04. The number of rotatable bonds is 4. The van der Waals surface area contributed by atoms with Crippen LogP contribution in [0.2, 0.25) is 0 Å². The maximum absolute atomic E-state index is 5.67. The van der Waals surface area contributed by atoms with Crippen molar-refractivity contribution in [3.63, 3.8) is 0 Å². The predicted octanol–water partition coefficient (Wildman–Crippen LogP) is 2.47. The average Bonchev–Trinajstić information content (AvgIpc) is 2.78. The molecule has 5 nitrogen and oxygen atoms in total. The molecule has 7 heteroatoms. The molecule has 1 heterocycles. The predicted molar refractivity (Wildman–Crippen MR) is 70.9 cm³/mol. The maximum Gasteiger partial charge on any atom is 0.219 e. The second-order valence-electron chi connectivity index (χ2n) is 3.34. The lowest BCUT2D eigenvalue weighted by molar-refractivity contribution is 0.302. The summed E-state index contributed by atoms with van der Waals surface area (Å²) in [7, 11) is 0. The van der Waals surface area contributed by atoms with E-state index < -0.39 is 0 Å². The van der Waals surface area contributed by atoms with E-state index in [2.05, 4.69) is 31.6 Å². The average molecular weight is 315 g/mol. The summed E-state index contributed by atoms with van der Waals surface area (Å²) in [6.45, 7) is 2.38. The summed E-state index contributed by atoms with van der Waals surface area (Å²) in [5.41, 5.74) is 3.53. The van der Waals surface area contributed by atoms with Crippen LogP contribution in [-0.4, -0.2) is 10.2 Å². The van der Waals surface area contributed by atoms with Crippen LogP contribution >= 0.6 is 27.3 Å². The highest BCUT2D eigenvalue weighted by molar-refractivity contribution is 9.10. The largest absolute Gasteiger partial charge is 0.486 e. The quantitative estimate of drug-likeness (QED) is 0.670. The summed E-state index contributed by atoms with van der Waals surface area (Å²) < 4.78 is 6.66. The van der Waals surface area contributed by atoms with E-state index in [1.807, 2.05) is 25.1 Å². The van der Waals surface area contributed by atoms with Crippen molar-refractivity contribution < 1.29 is 4.74 Å². The smallest absolute Gasteiger partial charge is 0.219 e. The highest BCUT2D eigenvalue weighted by Crippen LogP contribution is 2.24. The van der Waals surface area contributed by atoms with Crippen molar-refractivity contribution in [3.05, 3.63) is 33.2 Å². The minimum Gasteiger partial charge on any atom is -0.486 e. The third-order valence-electron chi connectivity index (χ3n) is 2.09. The van der Waals surface area contributed by atoms with Crippen molar-refractivity contribution in [2.24, 2.45) is 5.84 Å². The second kappa shape index (κ2) is 5.44. The first kappa shape index (κ1) is 12.3. The number of anilines is 1. The molecule has 0 aliphatic rings. The molecule has 0 bridgehead atoms. The molecule has 17 heavy (non-hydrogen) atoms. The number of hydrogen-bond donors (Lipinski definition) is 2. The number of hydrazine groups is 1. The summed E-state index contributed by atoms with van der Waals surface area (Å²) in [6, 6.07) is 5.90. The lowest BCUT2D eigenvalue weighted by Gasteiger charge is -2.07. The minimum atomic E-state index is 0.386. The number of halogens is 1. The summed E-state index contributed by atoms with van der Waals surface area (Å²) in [4.78, 5) is 0. The second-order valence-corrected chi connectivity index (χ2v) is 5.32. The highest BCUT2D eigenvalue weighted by atomic mass is 79.9. The normalized spacial score (nSPS) is 10.3. The molecule has 0 fully saturated rings. The molecule has 1 aromatic heterocycles. The molecule has 0 saturated carbocycles. The zero-order chi connectivity index (χ0) is 12.3. The Labute approximate surface area is 111 Å². The van der Waals surface area contributed by atoms with E-state index in [9.17, 15) is 0 Å². The first-order chi connectivity index (χ1) is 8.19. The third-order valence-corrected chi connectivity index (χ3v) is 3.41. The van der Waals surface area contributed by atoms with Gasteiger partial charge in [-0.05, 0) is 24.6 Å². The van der Waals surface area contributed by atoms with Crippen molar-refractivity contribution in [1.29, 1.82) is 0 Å². The van der Waals surface area contributed by atoms with Gasteiger partial charge in [0.15, 0.2) is 5.01 Å². The van der Waals surface area contributed by atoms with Crippen LogP contribution in [0.25, 0.3) is 0 Å². The van der Waals surface area contributed by atoms with Crippen LogP contribution in [0, 0.1) is 6.92 Å². The van der Waals surface area contributed by atoms with Crippen molar-refractivity contribution in [3.8, 4) is 5.75 Å². The number of nitrogens with one attached hydrogen (secondary N) is 1. The van der Waals surface area contributed by atoms with Crippen LogP contribution in [0.4, 0.5) is 5.13 Å². The van der Waals surface area contributed by atoms with Gasteiger partial charge in [-0.1, -0.05) is 33.3 Å².